The highest BCUT2D eigenvalue weighted by Gasteiger charge is 2.10. The summed E-state index contributed by atoms with van der Waals surface area (Å²) in [6, 6.07) is -0.652. The van der Waals surface area contributed by atoms with Crippen molar-refractivity contribution in [1.82, 2.24) is 10.6 Å². The number of carboxylic acids is 1. The summed E-state index contributed by atoms with van der Waals surface area (Å²) in [5, 5.41) is 13.8. The molecule has 7 nitrogen and oxygen atoms in total. The minimum absolute atomic E-state index is 0.0996. The Balaban J connectivity index is 3.67. The quantitative estimate of drug-likeness (QED) is 0.487. The molecule has 0 aliphatic carbocycles. The molecule has 0 rings (SSSR count). The van der Waals surface area contributed by atoms with Gasteiger partial charge < -0.3 is 21.5 Å². The van der Waals surface area contributed by atoms with Crippen molar-refractivity contribution in [2.75, 3.05) is 6.54 Å². The van der Waals surface area contributed by atoms with Crippen molar-refractivity contribution in [3.8, 4) is 0 Å². The molecule has 3 amide bonds. The number of rotatable bonds is 9. The van der Waals surface area contributed by atoms with Crippen LogP contribution in [0.5, 0.6) is 0 Å². The minimum atomic E-state index is -0.808. The van der Waals surface area contributed by atoms with Crippen LogP contribution in [-0.4, -0.2) is 35.6 Å². The fourth-order valence-corrected chi connectivity index (χ4v) is 1.57. The van der Waals surface area contributed by atoms with Crippen LogP contribution in [0.2, 0.25) is 0 Å². The summed E-state index contributed by atoms with van der Waals surface area (Å²) in [5.41, 5.74) is 5.01. The van der Waals surface area contributed by atoms with Gasteiger partial charge in [-0.25, -0.2) is 4.79 Å². The minimum Gasteiger partial charge on any atom is -0.481 e. The second-order valence-electron chi connectivity index (χ2n) is 4.80. The summed E-state index contributed by atoms with van der Waals surface area (Å²) in [5.74, 6) is -1.03. The number of hydrogen-bond donors (Lipinski definition) is 4. The Labute approximate surface area is 112 Å². The SMILES string of the molecule is CC(CCNC(=O)NC(C)CC(N)=O)CCC(=O)O. The van der Waals surface area contributed by atoms with Crippen LogP contribution in [0.4, 0.5) is 4.79 Å². The second kappa shape index (κ2) is 9.18. The van der Waals surface area contributed by atoms with E-state index >= 15 is 0 Å². The molecular formula is C12H23N3O4. The highest BCUT2D eigenvalue weighted by atomic mass is 16.4. The molecule has 0 aromatic carbocycles. The second-order valence-corrected chi connectivity index (χ2v) is 4.80. The van der Waals surface area contributed by atoms with Crippen LogP contribution in [0.15, 0.2) is 0 Å². The van der Waals surface area contributed by atoms with Gasteiger partial charge in [-0.3, -0.25) is 9.59 Å². The van der Waals surface area contributed by atoms with Crippen LogP contribution in [0, 0.1) is 5.92 Å². The Hall–Kier alpha value is -1.79. The summed E-state index contributed by atoms with van der Waals surface area (Å²) in [7, 11) is 0. The van der Waals surface area contributed by atoms with Gasteiger partial charge in [0.1, 0.15) is 0 Å². The standard InChI is InChI=1S/C12H23N3O4/c1-8(3-4-11(17)18)5-6-14-12(19)15-9(2)7-10(13)16/h8-9H,3-7H2,1-2H3,(H2,13,16)(H,17,18)(H2,14,15,19). The van der Waals surface area contributed by atoms with Crippen molar-refractivity contribution >= 4 is 17.9 Å². The summed E-state index contributed by atoms with van der Waals surface area (Å²) < 4.78 is 0. The van der Waals surface area contributed by atoms with E-state index in [1.165, 1.54) is 0 Å². The highest BCUT2D eigenvalue weighted by molar-refractivity contribution is 5.77. The molecule has 0 bridgehead atoms. The molecule has 19 heavy (non-hydrogen) atoms. The van der Waals surface area contributed by atoms with E-state index in [0.29, 0.717) is 19.4 Å². The molecule has 0 aromatic rings. The molecule has 0 saturated heterocycles. The third kappa shape index (κ3) is 11.1. The zero-order valence-electron chi connectivity index (χ0n) is 11.4. The predicted molar refractivity (Wildman–Crippen MR) is 70.5 cm³/mol. The molecular weight excluding hydrogens is 250 g/mol. The van der Waals surface area contributed by atoms with Crippen LogP contribution in [0.25, 0.3) is 0 Å². The van der Waals surface area contributed by atoms with Crippen molar-refractivity contribution in [3.05, 3.63) is 0 Å². The molecule has 2 unspecified atom stereocenters. The molecule has 0 fully saturated rings. The normalized spacial score (nSPS) is 13.4. The van der Waals surface area contributed by atoms with Crippen LogP contribution >= 0.6 is 0 Å². The maximum Gasteiger partial charge on any atom is 0.315 e. The molecule has 0 saturated carbocycles. The van der Waals surface area contributed by atoms with Crippen molar-refractivity contribution < 1.29 is 19.5 Å². The molecule has 0 aliphatic rings. The molecule has 0 spiro atoms. The number of carbonyl (C=O) groups excluding carboxylic acids is 2. The van der Waals surface area contributed by atoms with Gasteiger partial charge in [0.2, 0.25) is 5.91 Å². The predicted octanol–water partition coefficient (Wildman–Crippen LogP) is 0.441. The number of carbonyl (C=O) groups is 3. The van der Waals surface area contributed by atoms with Crippen LogP contribution in [0.3, 0.4) is 0 Å². The number of carboxylic acid groups (broad SMARTS) is 1. The van der Waals surface area contributed by atoms with E-state index in [0.717, 1.165) is 0 Å². The summed E-state index contributed by atoms with van der Waals surface area (Å²) >= 11 is 0. The van der Waals surface area contributed by atoms with Crippen LogP contribution in [-0.2, 0) is 9.59 Å². The van der Waals surface area contributed by atoms with Gasteiger partial charge in [-0.15, -0.1) is 0 Å². The fraction of sp³-hybridized carbons (Fsp3) is 0.750. The van der Waals surface area contributed by atoms with Gasteiger partial charge in [-0.2, -0.15) is 0 Å². The van der Waals surface area contributed by atoms with Gasteiger partial charge in [0, 0.05) is 25.4 Å². The lowest BCUT2D eigenvalue weighted by molar-refractivity contribution is -0.137. The van der Waals surface area contributed by atoms with E-state index in [-0.39, 0.29) is 30.8 Å². The lowest BCUT2D eigenvalue weighted by atomic mass is 10.0. The lowest BCUT2D eigenvalue weighted by Crippen LogP contribution is -2.42. The summed E-state index contributed by atoms with van der Waals surface area (Å²) in [6.45, 7) is 4.11. The largest absolute Gasteiger partial charge is 0.481 e. The lowest BCUT2D eigenvalue weighted by Gasteiger charge is -2.14. The van der Waals surface area contributed by atoms with E-state index in [9.17, 15) is 14.4 Å². The number of nitrogens with two attached hydrogens (primary N) is 1. The molecule has 5 N–H and O–H groups in total. The molecule has 7 heteroatoms. The van der Waals surface area contributed by atoms with E-state index in [1.54, 1.807) is 6.92 Å². The number of urea groups is 1. The van der Waals surface area contributed by atoms with Crippen molar-refractivity contribution in [3.63, 3.8) is 0 Å². The average molecular weight is 273 g/mol. The summed E-state index contributed by atoms with van der Waals surface area (Å²) in [6.07, 6.45) is 1.55. The van der Waals surface area contributed by atoms with Gasteiger partial charge in [0.25, 0.3) is 0 Å². The maximum atomic E-state index is 11.4. The zero-order chi connectivity index (χ0) is 14.8. The first-order valence-electron chi connectivity index (χ1n) is 6.35. The Kier molecular flexibility index (Phi) is 8.32. The molecule has 0 aromatic heterocycles. The van der Waals surface area contributed by atoms with Crippen molar-refractivity contribution in [1.29, 1.82) is 0 Å². The third-order valence-electron chi connectivity index (χ3n) is 2.66. The topological polar surface area (TPSA) is 122 Å². The van der Waals surface area contributed by atoms with Gasteiger partial charge in [-0.1, -0.05) is 6.92 Å². The summed E-state index contributed by atoms with van der Waals surface area (Å²) in [4.78, 5) is 32.4. The first-order chi connectivity index (χ1) is 8.81. The highest BCUT2D eigenvalue weighted by Crippen LogP contribution is 2.08. The Morgan fingerprint density at radius 2 is 1.84 bits per heavy atom. The van der Waals surface area contributed by atoms with E-state index in [4.69, 9.17) is 10.8 Å². The Morgan fingerprint density at radius 3 is 2.37 bits per heavy atom. The Bertz CT molecular complexity index is 320. The molecule has 110 valence electrons. The Morgan fingerprint density at radius 1 is 1.21 bits per heavy atom. The van der Waals surface area contributed by atoms with Crippen LogP contribution < -0.4 is 16.4 Å². The monoisotopic (exact) mass is 273 g/mol. The third-order valence-corrected chi connectivity index (χ3v) is 2.66. The van der Waals surface area contributed by atoms with Crippen molar-refractivity contribution in [2.45, 2.75) is 45.6 Å². The molecule has 0 radical (unpaired) electrons. The fourth-order valence-electron chi connectivity index (χ4n) is 1.57. The van der Waals surface area contributed by atoms with Gasteiger partial charge in [0.15, 0.2) is 0 Å². The molecule has 2 atom stereocenters. The number of amides is 3. The van der Waals surface area contributed by atoms with E-state index < -0.39 is 11.9 Å². The molecule has 0 heterocycles. The van der Waals surface area contributed by atoms with Crippen LogP contribution in [0.1, 0.15) is 39.5 Å². The van der Waals surface area contributed by atoms with Crippen molar-refractivity contribution in [2.24, 2.45) is 11.7 Å². The first-order valence-corrected chi connectivity index (χ1v) is 6.35. The van der Waals surface area contributed by atoms with E-state index in [1.807, 2.05) is 6.92 Å². The van der Waals surface area contributed by atoms with Gasteiger partial charge >= 0.3 is 12.0 Å². The smallest absolute Gasteiger partial charge is 0.315 e. The number of aliphatic carboxylic acids is 1. The average Bonchev–Trinajstić information content (AvgIpc) is 2.24. The van der Waals surface area contributed by atoms with Gasteiger partial charge in [0.05, 0.1) is 0 Å². The number of hydrogen-bond acceptors (Lipinski definition) is 3. The molecule has 0 aliphatic heterocycles. The number of primary amides is 1. The zero-order valence-corrected chi connectivity index (χ0v) is 11.4. The number of nitrogens with one attached hydrogen (secondary N) is 2. The van der Waals surface area contributed by atoms with Gasteiger partial charge in [-0.05, 0) is 25.7 Å². The first kappa shape index (κ1) is 17.2. The van der Waals surface area contributed by atoms with E-state index in [2.05, 4.69) is 10.6 Å². The maximum absolute atomic E-state index is 11.4.